The topological polar surface area (TPSA) is 64.1 Å². The molecule has 3 rings (SSSR count). The van der Waals surface area contributed by atoms with E-state index in [1.54, 1.807) is 0 Å². The van der Waals surface area contributed by atoms with Crippen molar-refractivity contribution in [1.82, 2.24) is 14.7 Å². The number of hydrogen-bond donors (Lipinski definition) is 1. The van der Waals surface area contributed by atoms with E-state index in [1.165, 1.54) is 11.3 Å². The molecule has 24 heavy (non-hydrogen) atoms. The smallest absolute Gasteiger partial charge is 0.309 e. The number of hydrogen-bond acceptors (Lipinski definition) is 5. The lowest BCUT2D eigenvalue weighted by Crippen LogP contribution is -2.57. The highest BCUT2D eigenvalue weighted by molar-refractivity contribution is 7.08. The van der Waals surface area contributed by atoms with Gasteiger partial charge in [-0.25, -0.2) is 0 Å². The molecule has 2 aliphatic rings. The molecular weight excluding hydrogens is 326 g/mol. The Hall–Kier alpha value is -1.70. The SMILES string of the molecule is C=CCN1CC(C(=O)O)CN2CCN(C(=O)c3ccsc3)CC2C1. The normalized spacial score (nSPS) is 25.8. The number of amides is 1. The number of carboxylic acid groups (broad SMARTS) is 1. The van der Waals surface area contributed by atoms with Crippen LogP contribution in [0.1, 0.15) is 10.4 Å². The van der Waals surface area contributed by atoms with Crippen molar-refractivity contribution in [2.45, 2.75) is 6.04 Å². The molecule has 3 heterocycles. The first-order chi connectivity index (χ1) is 11.6. The molecule has 2 unspecified atom stereocenters. The van der Waals surface area contributed by atoms with Crippen LogP contribution in [0.25, 0.3) is 0 Å². The Morgan fingerprint density at radius 2 is 2.12 bits per heavy atom. The third-order valence-corrected chi connectivity index (χ3v) is 5.48. The number of nitrogens with zero attached hydrogens (tertiary/aromatic N) is 3. The van der Waals surface area contributed by atoms with Crippen LogP contribution >= 0.6 is 11.3 Å². The summed E-state index contributed by atoms with van der Waals surface area (Å²) in [6.45, 7) is 8.32. The van der Waals surface area contributed by atoms with Gasteiger partial charge in [-0.05, 0) is 11.4 Å². The van der Waals surface area contributed by atoms with Crippen molar-refractivity contribution in [3.05, 3.63) is 35.0 Å². The van der Waals surface area contributed by atoms with E-state index in [-0.39, 0.29) is 11.9 Å². The molecular formula is C17H23N3O3S. The van der Waals surface area contributed by atoms with Gasteiger partial charge in [-0.2, -0.15) is 11.3 Å². The minimum atomic E-state index is -0.749. The van der Waals surface area contributed by atoms with Gasteiger partial charge in [0, 0.05) is 57.2 Å². The van der Waals surface area contributed by atoms with E-state index in [2.05, 4.69) is 16.4 Å². The summed E-state index contributed by atoms with van der Waals surface area (Å²) in [6.07, 6.45) is 1.81. The van der Waals surface area contributed by atoms with E-state index in [0.29, 0.717) is 32.7 Å². The molecule has 0 radical (unpaired) electrons. The molecule has 0 spiro atoms. The van der Waals surface area contributed by atoms with Gasteiger partial charge >= 0.3 is 5.97 Å². The number of piperazine rings is 1. The highest BCUT2D eigenvalue weighted by Gasteiger charge is 2.37. The molecule has 0 aromatic carbocycles. The summed E-state index contributed by atoms with van der Waals surface area (Å²) >= 11 is 1.53. The summed E-state index contributed by atoms with van der Waals surface area (Å²) in [6, 6.07) is 2.03. The number of carbonyl (C=O) groups is 2. The van der Waals surface area contributed by atoms with Crippen LogP contribution in [-0.4, -0.2) is 83.5 Å². The van der Waals surface area contributed by atoms with Crippen molar-refractivity contribution in [1.29, 1.82) is 0 Å². The van der Waals surface area contributed by atoms with Gasteiger partial charge < -0.3 is 10.0 Å². The Bertz CT molecular complexity index is 604. The number of fused-ring (bicyclic) bond motifs is 1. The predicted molar refractivity (Wildman–Crippen MR) is 93.3 cm³/mol. The summed E-state index contributed by atoms with van der Waals surface area (Å²) < 4.78 is 0. The van der Waals surface area contributed by atoms with Crippen molar-refractivity contribution in [3.8, 4) is 0 Å². The number of aliphatic carboxylic acids is 1. The van der Waals surface area contributed by atoms with Crippen LogP contribution in [0, 0.1) is 5.92 Å². The number of thiophene rings is 1. The van der Waals surface area contributed by atoms with Crippen LogP contribution in [0.4, 0.5) is 0 Å². The lowest BCUT2D eigenvalue weighted by Gasteiger charge is -2.41. The number of carbonyl (C=O) groups excluding carboxylic acids is 1. The summed E-state index contributed by atoms with van der Waals surface area (Å²) in [5, 5.41) is 13.3. The van der Waals surface area contributed by atoms with Crippen molar-refractivity contribution in [3.63, 3.8) is 0 Å². The lowest BCUT2D eigenvalue weighted by molar-refractivity contribution is -0.142. The second kappa shape index (κ2) is 7.46. The summed E-state index contributed by atoms with van der Waals surface area (Å²) in [5.41, 5.74) is 0.744. The molecule has 0 bridgehead atoms. The zero-order valence-electron chi connectivity index (χ0n) is 13.6. The molecule has 1 amide bonds. The van der Waals surface area contributed by atoms with Crippen LogP contribution in [0.5, 0.6) is 0 Å². The van der Waals surface area contributed by atoms with Gasteiger partial charge in [-0.1, -0.05) is 6.08 Å². The first-order valence-corrected chi connectivity index (χ1v) is 9.14. The fourth-order valence-electron chi connectivity index (χ4n) is 3.57. The van der Waals surface area contributed by atoms with Gasteiger partial charge in [0.15, 0.2) is 0 Å². The van der Waals surface area contributed by atoms with E-state index < -0.39 is 11.9 Å². The van der Waals surface area contributed by atoms with Crippen molar-refractivity contribution >= 4 is 23.2 Å². The van der Waals surface area contributed by atoms with E-state index in [9.17, 15) is 14.7 Å². The molecule has 1 aromatic rings. The molecule has 130 valence electrons. The summed E-state index contributed by atoms with van der Waals surface area (Å²) in [7, 11) is 0. The Balaban J connectivity index is 1.72. The van der Waals surface area contributed by atoms with E-state index in [4.69, 9.17) is 0 Å². The lowest BCUT2D eigenvalue weighted by atomic mass is 10.1. The van der Waals surface area contributed by atoms with E-state index >= 15 is 0 Å². The Morgan fingerprint density at radius 1 is 1.29 bits per heavy atom. The van der Waals surface area contributed by atoms with Gasteiger partial charge in [-0.3, -0.25) is 19.4 Å². The average Bonchev–Trinajstić information content (AvgIpc) is 3.02. The molecule has 1 aromatic heterocycles. The molecule has 2 atom stereocenters. The molecule has 2 fully saturated rings. The van der Waals surface area contributed by atoms with Crippen LogP contribution in [-0.2, 0) is 4.79 Å². The maximum Gasteiger partial charge on any atom is 0.309 e. The average molecular weight is 349 g/mol. The Kier molecular flexibility index (Phi) is 5.33. The fraction of sp³-hybridized carbons (Fsp3) is 0.529. The summed E-state index contributed by atoms with van der Waals surface area (Å²) in [4.78, 5) is 30.4. The Labute approximate surface area is 146 Å². The summed E-state index contributed by atoms with van der Waals surface area (Å²) in [5.74, 6) is -1.07. The van der Waals surface area contributed by atoms with E-state index in [0.717, 1.165) is 18.7 Å². The Morgan fingerprint density at radius 3 is 2.79 bits per heavy atom. The molecule has 7 heteroatoms. The number of carboxylic acids is 1. The standard InChI is InChI=1S/C17H23N3O3S/c1-2-4-18-8-14(17(22)23)9-19-5-6-20(11-15(19)10-18)16(21)13-3-7-24-12-13/h2-3,7,12,14-15H,1,4-6,8-11H2,(H,22,23). The molecule has 0 aliphatic carbocycles. The molecule has 0 saturated carbocycles. The van der Waals surface area contributed by atoms with Crippen LogP contribution in [0.2, 0.25) is 0 Å². The van der Waals surface area contributed by atoms with Crippen molar-refractivity contribution in [2.24, 2.45) is 5.92 Å². The minimum Gasteiger partial charge on any atom is -0.481 e. The maximum absolute atomic E-state index is 12.6. The van der Waals surface area contributed by atoms with Crippen LogP contribution in [0.3, 0.4) is 0 Å². The number of rotatable bonds is 4. The first kappa shape index (κ1) is 17.1. The second-order valence-corrected chi connectivity index (χ2v) is 7.23. The minimum absolute atomic E-state index is 0.0743. The zero-order valence-corrected chi connectivity index (χ0v) is 14.5. The van der Waals surface area contributed by atoms with Crippen molar-refractivity contribution < 1.29 is 14.7 Å². The third kappa shape index (κ3) is 3.68. The highest BCUT2D eigenvalue weighted by Crippen LogP contribution is 2.21. The van der Waals surface area contributed by atoms with Gasteiger partial charge in [0.05, 0.1) is 11.5 Å². The highest BCUT2D eigenvalue weighted by atomic mass is 32.1. The molecule has 2 aliphatic heterocycles. The fourth-order valence-corrected chi connectivity index (χ4v) is 4.20. The maximum atomic E-state index is 12.6. The third-order valence-electron chi connectivity index (χ3n) is 4.80. The van der Waals surface area contributed by atoms with Crippen LogP contribution in [0.15, 0.2) is 29.5 Å². The molecule has 2 saturated heterocycles. The van der Waals surface area contributed by atoms with Crippen LogP contribution < -0.4 is 0 Å². The van der Waals surface area contributed by atoms with Gasteiger partial charge in [-0.15, -0.1) is 6.58 Å². The second-order valence-electron chi connectivity index (χ2n) is 6.45. The van der Waals surface area contributed by atoms with Crippen molar-refractivity contribution in [2.75, 3.05) is 45.8 Å². The molecule has 1 N–H and O–H groups in total. The van der Waals surface area contributed by atoms with E-state index in [1.807, 2.05) is 27.8 Å². The largest absolute Gasteiger partial charge is 0.481 e. The molecule has 6 nitrogen and oxygen atoms in total. The zero-order chi connectivity index (χ0) is 17.1. The predicted octanol–water partition coefficient (Wildman–Crippen LogP) is 1.08. The quantitative estimate of drug-likeness (QED) is 0.824. The van der Waals surface area contributed by atoms with Gasteiger partial charge in [0.25, 0.3) is 5.91 Å². The van der Waals surface area contributed by atoms with Gasteiger partial charge in [0.1, 0.15) is 0 Å². The van der Waals surface area contributed by atoms with Gasteiger partial charge in [0.2, 0.25) is 0 Å². The first-order valence-electron chi connectivity index (χ1n) is 8.20. The monoisotopic (exact) mass is 349 g/mol.